The number of nitrogens with zero attached hydrogens (tertiary/aromatic N) is 1. The molecular formula is C16H26NO5S-. The molecule has 1 aliphatic heterocycles. The van der Waals surface area contributed by atoms with Crippen molar-refractivity contribution in [2.24, 2.45) is 17.8 Å². The molecule has 0 aromatic rings. The van der Waals surface area contributed by atoms with Crippen LogP contribution in [0.2, 0.25) is 0 Å². The minimum atomic E-state index is -2.56. The average Bonchev–Trinajstić information content (AvgIpc) is 3.10. The smallest absolute Gasteiger partial charge is 0.310 e. The molecule has 0 N–H and O–H groups in total. The Bertz CT molecular complexity index is 454. The van der Waals surface area contributed by atoms with Gasteiger partial charge in [-0.25, -0.2) is 4.21 Å². The highest BCUT2D eigenvalue weighted by Gasteiger charge is 2.51. The summed E-state index contributed by atoms with van der Waals surface area (Å²) in [4.78, 5) is 14.7. The second-order valence-corrected chi connectivity index (χ2v) is 7.86. The van der Waals surface area contributed by atoms with Crippen molar-refractivity contribution in [3.8, 4) is 0 Å². The average molecular weight is 344 g/mol. The van der Waals surface area contributed by atoms with E-state index in [0.29, 0.717) is 0 Å². The van der Waals surface area contributed by atoms with Crippen LogP contribution in [0, 0.1) is 17.8 Å². The molecule has 0 amide bonds. The van der Waals surface area contributed by atoms with Gasteiger partial charge in [-0.15, -0.1) is 0 Å². The number of ether oxygens (including phenoxy) is 1. The van der Waals surface area contributed by atoms with Crippen LogP contribution in [0.5, 0.6) is 0 Å². The van der Waals surface area contributed by atoms with E-state index in [1.807, 2.05) is 6.92 Å². The quantitative estimate of drug-likeness (QED) is 0.538. The number of piperidine rings is 1. The Morgan fingerprint density at radius 3 is 2.52 bits per heavy atom. The fourth-order valence-electron chi connectivity index (χ4n) is 4.43. The molecule has 2 aliphatic carbocycles. The standard InChI is InChI=1S/C16H27NO5S/c1-11(10-17-7-3-2-4-8-17)16(18)21-14-12-5-6-13(9-12)15(14)22-23(19)20/h11-15H,2-10H2,1H3,(H,19,20)/p-1. The van der Waals surface area contributed by atoms with Crippen LogP contribution in [-0.2, 0) is 25.1 Å². The molecule has 3 rings (SSSR count). The predicted molar refractivity (Wildman–Crippen MR) is 84.0 cm³/mol. The van der Waals surface area contributed by atoms with Gasteiger partial charge in [0.2, 0.25) is 0 Å². The number of rotatable bonds is 6. The molecule has 1 heterocycles. The Balaban J connectivity index is 1.54. The second kappa shape index (κ2) is 7.59. The van der Waals surface area contributed by atoms with E-state index >= 15 is 0 Å². The van der Waals surface area contributed by atoms with Crippen molar-refractivity contribution in [2.75, 3.05) is 19.6 Å². The van der Waals surface area contributed by atoms with Crippen molar-refractivity contribution in [3.63, 3.8) is 0 Å². The molecule has 0 spiro atoms. The first-order valence-corrected chi connectivity index (χ1v) is 9.74. The zero-order valence-corrected chi connectivity index (χ0v) is 14.5. The molecule has 6 unspecified atom stereocenters. The van der Waals surface area contributed by atoms with Gasteiger partial charge in [-0.05, 0) is 57.0 Å². The Morgan fingerprint density at radius 2 is 1.87 bits per heavy atom. The third-order valence-corrected chi connectivity index (χ3v) is 5.97. The minimum absolute atomic E-state index is 0.189. The Hall–Kier alpha value is -0.500. The van der Waals surface area contributed by atoms with Crippen LogP contribution in [0.15, 0.2) is 0 Å². The van der Waals surface area contributed by atoms with Crippen LogP contribution in [0.1, 0.15) is 45.4 Å². The van der Waals surface area contributed by atoms with Gasteiger partial charge in [0.25, 0.3) is 0 Å². The van der Waals surface area contributed by atoms with Crippen molar-refractivity contribution in [2.45, 2.75) is 57.7 Å². The SMILES string of the molecule is CC(CN1CCCCC1)C(=O)OC1C2CCC(C2)C1OS(=O)[O-]. The van der Waals surface area contributed by atoms with Gasteiger partial charge in [-0.2, -0.15) is 0 Å². The molecule has 2 saturated carbocycles. The lowest BCUT2D eigenvalue weighted by Gasteiger charge is -2.32. The number of fused-ring (bicyclic) bond motifs is 2. The molecule has 23 heavy (non-hydrogen) atoms. The van der Waals surface area contributed by atoms with Crippen LogP contribution >= 0.6 is 0 Å². The molecular weight excluding hydrogens is 318 g/mol. The largest absolute Gasteiger partial charge is 0.750 e. The lowest BCUT2D eigenvalue weighted by Crippen LogP contribution is -2.42. The third-order valence-electron chi connectivity index (χ3n) is 5.59. The minimum Gasteiger partial charge on any atom is -0.750 e. The molecule has 132 valence electrons. The van der Waals surface area contributed by atoms with Crippen LogP contribution in [-0.4, -0.2) is 51.5 Å². The summed E-state index contributed by atoms with van der Waals surface area (Å²) < 4.78 is 32.5. The van der Waals surface area contributed by atoms with E-state index in [4.69, 9.17) is 8.92 Å². The second-order valence-electron chi connectivity index (χ2n) is 7.26. The maximum atomic E-state index is 12.4. The molecule has 0 aromatic carbocycles. The molecule has 3 fully saturated rings. The maximum Gasteiger partial charge on any atom is 0.310 e. The first kappa shape index (κ1) is 17.3. The van der Waals surface area contributed by atoms with Gasteiger partial charge in [0, 0.05) is 6.54 Å². The Kier molecular flexibility index (Phi) is 5.72. The normalized spacial score (nSPS) is 36.8. The van der Waals surface area contributed by atoms with Gasteiger partial charge in [-0.1, -0.05) is 13.3 Å². The lowest BCUT2D eigenvalue weighted by molar-refractivity contribution is -0.162. The van der Waals surface area contributed by atoms with Gasteiger partial charge in [-0.3, -0.25) is 8.98 Å². The summed E-state index contributed by atoms with van der Waals surface area (Å²) in [6.07, 6.45) is 5.63. The lowest BCUT2D eigenvalue weighted by atomic mass is 9.94. The molecule has 1 saturated heterocycles. The van der Waals surface area contributed by atoms with E-state index in [2.05, 4.69) is 4.90 Å². The van der Waals surface area contributed by atoms with Gasteiger partial charge >= 0.3 is 5.97 Å². The molecule has 7 heteroatoms. The molecule has 0 aromatic heterocycles. The van der Waals surface area contributed by atoms with Gasteiger partial charge in [0.1, 0.15) is 12.2 Å². The molecule has 6 atom stereocenters. The van der Waals surface area contributed by atoms with E-state index < -0.39 is 23.6 Å². The van der Waals surface area contributed by atoms with E-state index in [1.54, 1.807) is 0 Å². The summed E-state index contributed by atoms with van der Waals surface area (Å²) in [7, 11) is 0. The number of hydrogen-bond donors (Lipinski definition) is 0. The van der Waals surface area contributed by atoms with Crippen LogP contribution in [0.3, 0.4) is 0 Å². The first-order chi connectivity index (χ1) is 11.0. The van der Waals surface area contributed by atoms with Crippen molar-refractivity contribution >= 4 is 17.3 Å². The summed E-state index contributed by atoms with van der Waals surface area (Å²) in [5.41, 5.74) is 0. The zero-order valence-electron chi connectivity index (χ0n) is 13.6. The molecule has 2 bridgehead atoms. The number of carbonyl (C=O) groups is 1. The van der Waals surface area contributed by atoms with E-state index in [-0.39, 0.29) is 23.7 Å². The zero-order chi connectivity index (χ0) is 16.4. The third kappa shape index (κ3) is 4.13. The molecule has 3 aliphatic rings. The van der Waals surface area contributed by atoms with Gasteiger partial charge in [0.15, 0.2) is 0 Å². The van der Waals surface area contributed by atoms with Crippen LogP contribution in [0.4, 0.5) is 0 Å². The molecule has 6 nitrogen and oxygen atoms in total. The Morgan fingerprint density at radius 1 is 1.22 bits per heavy atom. The number of esters is 1. The summed E-state index contributed by atoms with van der Waals surface area (Å²) >= 11 is -2.56. The maximum absolute atomic E-state index is 12.4. The van der Waals surface area contributed by atoms with Gasteiger partial charge < -0.3 is 14.2 Å². The number of carbonyl (C=O) groups excluding carboxylic acids is 1. The van der Waals surface area contributed by atoms with Crippen LogP contribution < -0.4 is 0 Å². The van der Waals surface area contributed by atoms with E-state index in [9.17, 15) is 13.6 Å². The highest BCUT2D eigenvalue weighted by atomic mass is 32.2. The fourth-order valence-corrected chi connectivity index (χ4v) is 4.88. The van der Waals surface area contributed by atoms with Crippen molar-refractivity contribution in [1.29, 1.82) is 0 Å². The topological polar surface area (TPSA) is 78.9 Å². The van der Waals surface area contributed by atoms with E-state index in [1.165, 1.54) is 19.3 Å². The summed E-state index contributed by atoms with van der Waals surface area (Å²) in [6, 6.07) is 0. The monoisotopic (exact) mass is 344 g/mol. The highest BCUT2D eigenvalue weighted by molar-refractivity contribution is 7.74. The highest BCUT2D eigenvalue weighted by Crippen LogP contribution is 2.47. The molecule has 0 radical (unpaired) electrons. The predicted octanol–water partition coefficient (Wildman–Crippen LogP) is 1.63. The summed E-state index contributed by atoms with van der Waals surface area (Å²) in [5, 5.41) is 0. The van der Waals surface area contributed by atoms with Crippen molar-refractivity contribution in [1.82, 2.24) is 4.90 Å². The number of likely N-dealkylation sites (tertiary alicyclic amines) is 1. The fraction of sp³-hybridized carbons (Fsp3) is 0.938. The first-order valence-electron chi connectivity index (χ1n) is 8.74. The Labute approximate surface area is 140 Å². The van der Waals surface area contributed by atoms with Crippen molar-refractivity contribution < 1.29 is 22.5 Å². The van der Waals surface area contributed by atoms with Crippen LogP contribution in [0.25, 0.3) is 0 Å². The van der Waals surface area contributed by atoms with Crippen molar-refractivity contribution in [3.05, 3.63) is 0 Å². The van der Waals surface area contributed by atoms with E-state index in [0.717, 1.165) is 38.9 Å². The van der Waals surface area contributed by atoms with Gasteiger partial charge in [0.05, 0.1) is 17.3 Å². The summed E-state index contributed by atoms with van der Waals surface area (Å²) in [5.74, 6) is 0.0387. The summed E-state index contributed by atoms with van der Waals surface area (Å²) in [6.45, 7) is 4.71. The number of hydrogen-bond acceptors (Lipinski definition) is 6.